The van der Waals surface area contributed by atoms with Gasteiger partial charge in [0.25, 0.3) is 6.33 Å². The van der Waals surface area contributed by atoms with E-state index >= 15 is 0 Å². The molecule has 0 amide bonds. The van der Waals surface area contributed by atoms with Gasteiger partial charge in [-0.2, -0.15) is 12.1 Å². The van der Waals surface area contributed by atoms with Crippen LogP contribution in [0, 0.1) is 18.5 Å². The Morgan fingerprint density at radius 3 is 1.85 bits per heavy atom. The van der Waals surface area contributed by atoms with Gasteiger partial charge < -0.3 is 9.30 Å². The van der Waals surface area contributed by atoms with Crippen LogP contribution in [0.4, 0.5) is 0 Å². The first-order chi connectivity index (χ1) is 32.9. The molecule has 2 aromatic heterocycles. The summed E-state index contributed by atoms with van der Waals surface area (Å²) in [6.45, 7) is 0. The predicted octanol–water partition coefficient (Wildman–Crippen LogP) is 12.2. The molecule has 10 rings (SSSR count). The molecular weight excluding hydrogens is 904 g/mol. The van der Waals surface area contributed by atoms with E-state index < -0.39 is 60.4 Å². The fraction of sp³-hybridized carbons (Fsp3) is 0. The Kier molecular flexibility index (Phi) is 7.78. The molecule has 0 aliphatic carbocycles. The average molecular weight is 948 g/mol. The van der Waals surface area contributed by atoms with Crippen LogP contribution in [0.25, 0.3) is 78.3 Å². The fourth-order valence-corrected chi connectivity index (χ4v) is 6.89. The number of nitrogens with zero attached hydrogens (tertiary/aromatic N) is 4. The van der Waals surface area contributed by atoms with Crippen molar-refractivity contribution in [2.75, 3.05) is 0 Å². The Morgan fingerprint density at radius 1 is 0.525 bits per heavy atom. The van der Waals surface area contributed by atoms with E-state index in [2.05, 4.69) is 52.7 Å². The van der Waals surface area contributed by atoms with E-state index in [-0.39, 0.29) is 49.0 Å². The third kappa shape index (κ3) is 7.64. The summed E-state index contributed by atoms with van der Waals surface area (Å²) in [6, 6.07) is 44.4. The normalized spacial score (nSPS) is 13.3. The molecule has 8 aromatic carbocycles. The van der Waals surface area contributed by atoms with Crippen molar-refractivity contribution in [1.82, 2.24) is 14.5 Å². The van der Waals surface area contributed by atoms with Crippen LogP contribution in [0.15, 0.2) is 206 Å². The van der Waals surface area contributed by atoms with E-state index in [1.807, 2.05) is 60.7 Å². The second-order valence-electron chi connectivity index (χ2n) is 13.1. The van der Waals surface area contributed by atoms with Crippen LogP contribution in [-0.2, 0) is 21.1 Å². The van der Waals surface area contributed by atoms with Crippen LogP contribution in [0.1, 0.15) is 13.7 Å². The van der Waals surface area contributed by atoms with Gasteiger partial charge in [0.15, 0.2) is 0 Å². The number of fused-ring (bicyclic) bond motifs is 1. The van der Waals surface area contributed by atoms with Crippen LogP contribution in [-0.4, -0.2) is 14.5 Å². The molecule has 0 saturated carbocycles. The van der Waals surface area contributed by atoms with Gasteiger partial charge in [0, 0.05) is 32.6 Å². The number of imidazole rings is 1. The third-order valence-electron chi connectivity index (χ3n) is 9.57. The molecule has 0 aliphatic heterocycles. The molecule has 6 heteroatoms. The molecule has 0 N–H and O–H groups in total. The summed E-state index contributed by atoms with van der Waals surface area (Å²) in [5.74, 6) is 0.741. The zero-order valence-corrected chi connectivity index (χ0v) is 33.1. The molecule has 2 heterocycles. The van der Waals surface area contributed by atoms with E-state index in [4.69, 9.17) is 18.4 Å². The van der Waals surface area contributed by atoms with Crippen LogP contribution in [0.2, 0.25) is 0 Å². The molecule has 0 bridgehead atoms. The Morgan fingerprint density at radius 2 is 1.12 bits per heavy atom. The molecule has 284 valence electrons. The Balaban J connectivity index is 0.00000593. The Bertz CT molecular complexity index is 3480. The number of benzene rings is 8. The van der Waals surface area contributed by atoms with Gasteiger partial charge >= 0.3 is 0 Å². The van der Waals surface area contributed by atoms with E-state index in [0.29, 0.717) is 39.5 Å². The zero-order valence-electron chi connectivity index (χ0n) is 40.9. The SMILES string of the molecule is [2H]c1c([2H])c([2H])c(-c2cccc(-c3c([2H])c([2H])c([2H])c([2H])c3[2H])c2-[n+]2[c-]n(-c3[c-]c(Oc4[c-]c(-c5cc(-c6ccc(-c7ccccc7)cc6)ncn5)ccc4)ccc3)c3ccccc32)c([2H])c1[2H].[Pt]. The summed E-state index contributed by atoms with van der Waals surface area (Å²) in [5.41, 5.74) is 7.01. The van der Waals surface area contributed by atoms with Crippen molar-refractivity contribution in [1.29, 1.82) is 0 Å². The Labute approximate surface area is 371 Å². The van der Waals surface area contributed by atoms with Crippen molar-refractivity contribution in [3.8, 4) is 78.8 Å². The van der Waals surface area contributed by atoms with Crippen LogP contribution >= 0.6 is 0 Å². The van der Waals surface area contributed by atoms with E-state index in [1.165, 1.54) is 6.33 Å². The number of ether oxygens (including phenoxy) is 1. The minimum Gasteiger partial charge on any atom is -0.503 e. The third-order valence-corrected chi connectivity index (χ3v) is 9.57. The van der Waals surface area contributed by atoms with Crippen molar-refractivity contribution < 1.29 is 44.1 Å². The van der Waals surface area contributed by atoms with Crippen molar-refractivity contribution >= 4 is 11.0 Å². The van der Waals surface area contributed by atoms with E-state index in [0.717, 1.165) is 22.4 Å². The summed E-state index contributed by atoms with van der Waals surface area (Å²) in [5, 5.41) is 0. The first kappa shape index (κ1) is 27.4. The van der Waals surface area contributed by atoms with Gasteiger partial charge in [0.05, 0.1) is 36.1 Å². The molecule has 0 atom stereocenters. The topological polar surface area (TPSA) is 43.8 Å². The van der Waals surface area contributed by atoms with Gasteiger partial charge in [-0.3, -0.25) is 9.55 Å². The number of hydrogen-bond donors (Lipinski definition) is 0. The van der Waals surface area contributed by atoms with Gasteiger partial charge in [-0.1, -0.05) is 170 Å². The Hall–Kier alpha value is -7.20. The predicted molar refractivity (Wildman–Crippen MR) is 231 cm³/mol. The number of rotatable bonds is 9. The maximum Gasteiger partial charge on any atom is 0.268 e. The molecule has 0 unspecified atom stereocenters. The number of aromatic nitrogens is 4. The summed E-state index contributed by atoms with van der Waals surface area (Å²) < 4.78 is 96.2. The van der Waals surface area contributed by atoms with Gasteiger partial charge in [-0.15, -0.1) is 35.9 Å². The zero-order chi connectivity index (χ0) is 47.4. The average Bonchev–Trinajstić information content (AvgIpc) is 3.76. The summed E-state index contributed by atoms with van der Waals surface area (Å²) in [6.07, 6.45) is 4.89. The number of hydrogen-bond acceptors (Lipinski definition) is 3. The summed E-state index contributed by atoms with van der Waals surface area (Å²) >= 11 is 0. The molecule has 0 saturated heterocycles. The minimum absolute atomic E-state index is 0. The summed E-state index contributed by atoms with van der Waals surface area (Å²) in [4.78, 5) is 9.08. The first-order valence-electron chi connectivity index (χ1n) is 23.3. The smallest absolute Gasteiger partial charge is 0.268 e. The molecule has 10 aromatic rings. The second-order valence-corrected chi connectivity index (χ2v) is 13.1. The quantitative estimate of drug-likeness (QED) is 0.107. The number of para-hydroxylation sites is 3. The van der Waals surface area contributed by atoms with Gasteiger partial charge in [0.2, 0.25) is 0 Å². The van der Waals surface area contributed by atoms with Crippen LogP contribution in [0.5, 0.6) is 11.5 Å². The van der Waals surface area contributed by atoms with Gasteiger partial charge in [0.1, 0.15) is 6.33 Å². The maximum atomic E-state index is 8.96. The van der Waals surface area contributed by atoms with Crippen LogP contribution < -0.4 is 9.30 Å². The van der Waals surface area contributed by atoms with Crippen molar-refractivity contribution in [2.24, 2.45) is 0 Å². The maximum absolute atomic E-state index is 8.96. The monoisotopic (exact) mass is 947 g/mol. The molecule has 5 nitrogen and oxygen atoms in total. The first-order valence-corrected chi connectivity index (χ1v) is 18.3. The fourth-order valence-electron chi connectivity index (χ4n) is 6.89. The van der Waals surface area contributed by atoms with E-state index in [9.17, 15) is 0 Å². The van der Waals surface area contributed by atoms with E-state index in [1.54, 1.807) is 63.7 Å². The van der Waals surface area contributed by atoms with Crippen molar-refractivity contribution in [2.45, 2.75) is 0 Å². The van der Waals surface area contributed by atoms with Crippen LogP contribution in [0.3, 0.4) is 0 Å². The molecule has 0 spiro atoms. The molecule has 0 radical (unpaired) electrons. The second kappa shape index (κ2) is 16.7. The molecule has 0 aliphatic rings. The summed E-state index contributed by atoms with van der Waals surface area (Å²) in [7, 11) is 0. The van der Waals surface area contributed by atoms with Crippen molar-refractivity contribution in [3.05, 3.63) is 225 Å². The molecule has 59 heavy (non-hydrogen) atoms. The van der Waals surface area contributed by atoms with Gasteiger partial charge in [-0.05, 0) is 50.3 Å². The molecular formula is C53H34N4OPt-2. The molecule has 0 fully saturated rings. The standard InChI is InChI=1S/C53H34N4O.Pt/c1-4-15-38(16-5-1)39-29-31-42(32-30-39)49-35-50(55-36-54-49)43-21-12-23-45(33-43)58-46-24-13-22-44(34-46)56-37-57(52-28-11-10-27-51(52)56)53-47(40-17-6-2-7-18-40)25-14-26-48(53)41-19-8-3-9-20-41;/h1-32,35-36H;/q-2;/i2D,3D,6D,7D,8D,9D,17D,18D,19D,20D;. The minimum atomic E-state index is -0.575. The van der Waals surface area contributed by atoms with Gasteiger partial charge in [-0.25, -0.2) is 4.98 Å². The largest absolute Gasteiger partial charge is 0.503 e. The van der Waals surface area contributed by atoms with Crippen molar-refractivity contribution in [3.63, 3.8) is 0 Å².